The van der Waals surface area contributed by atoms with Crippen LogP contribution >= 0.6 is 0 Å². The molecule has 5 atom stereocenters. The molecule has 6 nitrogen and oxygen atoms in total. The van der Waals surface area contributed by atoms with Crippen LogP contribution in [0, 0.1) is 17.8 Å². The summed E-state index contributed by atoms with van der Waals surface area (Å²) >= 11 is 0. The van der Waals surface area contributed by atoms with Crippen LogP contribution in [-0.2, 0) is 27.2 Å². The summed E-state index contributed by atoms with van der Waals surface area (Å²) in [7, 11) is 0. The Morgan fingerprint density at radius 2 is 2.07 bits per heavy atom. The minimum absolute atomic E-state index is 0.112. The Kier molecular flexibility index (Phi) is 6.60. The van der Waals surface area contributed by atoms with Gasteiger partial charge in [0.15, 0.2) is 6.61 Å². The zero-order valence-corrected chi connectivity index (χ0v) is 16.6. The summed E-state index contributed by atoms with van der Waals surface area (Å²) in [5.74, 6) is 0.497. The number of carbonyl (C=O) groups excluding carboxylic acids is 1. The first-order chi connectivity index (χ1) is 13.4. The van der Waals surface area contributed by atoms with Crippen molar-refractivity contribution in [3.8, 4) is 5.75 Å². The predicted molar refractivity (Wildman–Crippen MR) is 103 cm³/mol. The molecule has 0 aliphatic heterocycles. The van der Waals surface area contributed by atoms with E-state index < -0.39 is 5.97 Å². The molecule has 2 N–H and O–H groups in total. The van der Waals surface area contributed by atoms with E-state index in [1.807, 2.05) is 12.1 Å². The number of esters is 1. The summed E-state index contributed by atoms with van der Waals surface area (Å²) in [6.07, 6.45) is 3.91. The molecule has 0 saturated heterocycles. The molecule has 0 unspecified atom stereocenters. The van der Waals surface area contributed by atoms with Crippen molar-refractivity contribution in [3.63, 3.8) is 0 Å². The highest BCUT2D eigenvalue weighted by atomic mass is 16.5. The molecule has 28 heavy (non-hydrogen) atoms. The maximum atomic E-state index is 11.9. The lowest BCUT2D eigenvalue weighted by Crippen LogP contribution is -2.29. The third-order valence-electron chi connectivity index (χ3n) is 6.16. The van der Waals surface area contributed by atoms with Crippen molar-refractivity contribution in [1.82, 2.24) is 0 Å². The van der Waals surface area contributed by atoms with Crippen LogP contribution in [0.5, 0.6) is 5.75 Å². The van der Waals surface area contributed by atoms with Crippen LogP contribution in [0.1, 0.15) is 50.7 Å². The lowest BCUT2D eigenvalue weighted by atomic mass is 9.73. The van der Waals surface area contributed by atoms with Crippen LogP contribution in [0.2, 0.25) is 0 Å². The Morgan fingerprint density at radius 1 is 1.29 bits per heavy atom. The number of aliphatic carboxylic acids is 1. The molecule has 0 aromatic heterocycles. The molecule has 0 spiro atoms. The van der Waals surface area contributed by atoms with Gasteiger partial charge in [-0.25, -0.2) is 4.79 Å². The topological polar surface area (TPSA) is 93.1 Å². The summed E-state index contributed by atoms with van der Waals surface area (Å²) < 4.78 is 11.3. The van der Waals surface area contributed by atoms with Gasteiger partial charge in [-0.05, 0) is 74.0 Å². The number of ether oxygens (including phenoxy) is 2. The number of rotatable bonds is 8. The molecule has 6 heteroatoms. The van der Waals surface area contributed by atoms with Crippen molar-refractivity contribution in [1.29, 1.82) is 0 Å². The fourth-order valence-corrected chi connectivity index (χ4v) is 4.87. The van der Waals surface area contributed by atoms with Crippen molar-refractivity contribution < 1.29 is 29.3 Å². The van der Waals surface area contributed by atoms with Crippen LogP contribution in [-0.4, -0.2) is 41.0 Å². The number of fused-ring (bicyclic) bond motifs is 2. The highest BCUT2D eigenvalue weighted by Crippen LogP contribution is 2.49. The van der Waals surface area contributed by atoms with Gasteiger partial charge in [0.1, 0.15) is 11.9 Å². The summed E-state index contributed by atoms with van der Waals surface area (Å²) in [5, 5.41) is 18.7. The summed E-state index contributed by atoms with van der Waals surface area (Å²) in [6, 6.07) is 5.82. The maximum Gasteiger partial charge on any atom is 0.341 e. The molecule has 0 amide bonds. The molecule has 1 aromatic rings. The predicted octanol–water partition coefficient (Wildman–Crippen LogP) is 2.98. The van der Waals surface area contributed by atoms with Crippen molar-refractivity contribution >= 4 is 11.9 Å². The molecule has 1 fully saturated rings. The highest BCUT2D eigenvalue weighted by Gasteiger charge is 2.47. The van der Waals surface area contributed by atoms with E-state index in [1.54, 1.807) is 13.8 Å². The van der Waals surface area contributed by atoms with Gasteiger partial charge in [-0.1, -0.05) is 19.1 Å². The number of carboxylic acids is 1. The number of hydrogen-bond acceptors (Lipinski definition) is 5. The molecule has 2 aliphatic rings. The molecule has 0 heterocycles. The quantitative estimate of drug-likeness (QED) is 0.663. The van der Waals surface area contributed by atoms with Gasteiger partial charge in [0.2, 0.25) is 0 Å². The van der Waals surface area contributed by atoms with E-state index in [0.717, 1.165) is 31.2 Å². The second-order valence-electron chi connectivity index (χ2n) is 8.12. The fourth-order valence-electron chi connectivity index (χ4n) is 4.87. The van der Waals surface area contributed by atoms with E-state index in [4.69, 9.17) is 14.6 Å². The minimum Gasteiger partial charge on any atom is -0.482 e. The largest absolute Gasteiger partial charge is 0.482 e. The average Bonchev–Trinajstić information content (AvgIpc) is 2.98. The lowest BCUT2D eigenvalue weighted by molar-refractivity contribution is -0.151. The molecule has 3 rings (SSSR count). The highest BCUT2D eigenvalue weighted by molar-refractivity contribution is 5.69. The van der Waals surface area contributed by atoms with Gasteiger partial charge in [-0.15, -0.1) is 0 Å². The van der Waals surface area contributed by atoms with Crippen LogP contribution in [0.3, 0.4) is 0 Å². The van der Waals surface area contributed by atoms with Crippen molar-refractivity contribution in [2.24, 2.45) is 17.8 Å². The zero-order chi connectivity index (χ0) is 20.3. The number of carbonyl (C=O) groups is 2. The van der Waals surface area contributed by atoms with Gasteiger partial charge < -0.3 is 19.7 Å². The summed E-state index contributed by atoms with van der Waals surface area (Å²) in [5.41, 5.74) is 2.27. The van der Waals surface area contributed by atoms with Gasteiger partial charge in [0.05, 0.1) is 6.10 Å². The van der Waals surface area contributed by atoms with Gasteiger partial charge in [0, 0.05) is 6.42 Å². The SMILES string of the molecule is CCC(=O)O[C@@H]1C[C@@H]2Cc3c(cccc3OCC(=O)O)C[C@@H]2[C@H]1CC[C@H](C)O. The lowest BCUT2D eigenvalue weighted by Gasteiger charge is -2.32. The number of carboxylic acid groups (broad SMARTS) is 1. The third-order valence-corrected chi connectivity index (χ3v) is 6.16. The van der Waals surface area contributed by atoms with Crippen LogP contribution in [0.4, 0.5) is 0 Å². The molecule has 0 bridgehead atoms. The van der Waals surface area contributed by atoms with Crippen LogP contribution in [0.25, 0.3) is 0 Å². The van der Waals surface area contributed by atoms with E-state index in [0.29, 0.717) is 30.4 Å². The average molecular weight is 390 g/mol. The molecule has 1 saturated carbocycles. The normalized spacial score (nSPS) is 26.8. The van der Waals surface area contributed by atoms with Crippen LogP contribution in [0.15, 0.2) is 18.2 Å². The number of benzene rings is 1. The van der Waals surface area contributed by atoms with E-state index in [1.165, 1.54) is 5.56 Å². The molecule has 2 aliphatic carbocycles. The fraction of sp³-hybridized carbons (Fsp3) is 0.636. The van der Waals surface area contributed by atoms with Gasteiger partial charge in [-0.3, -0.25) is 4.79 Å². The molecular formula is C22H30O6. The minimum atomic E-state index is -0.989. The molecule has 1 aromatic carbocycles. The van der Waals surface area contributed by atoms with Gasteiger partial charge in [0.25, 0.3) is 0 Å². The summed E-state index contributed by atoms with van der Waals surface area (Å²) in [4.78, 5) is 22.8. The number of aliphatic hydroxyl groups is 1. The van der Waals surface area contributed by atoms with E-state index in [2.05, 4.69) is 6.07 Å². The van der Waals surface area contributed by atoms with Gasteiger partial charge in [-0.2, -0.15) is 0 Å². The molecular weight excluding hydrogens is 360 g/mol. The second-order valence-corrected chi connectivity index (χ2v) is 8.12. The Labute approximate surface area is 165 Å². The first kappa shape index (κ1) is 20.6. The van der Waals surface area contributed by atoms with Crippen molar-refractivity contribution in [3.05, 3.63) is 29.3 Å². The molecule has 154 valence electrons. The standard InChI is InChI=1S/C22H30O6/c1-3-22(26)28-20-11-15-10-18-14(5-4-6-19(18)27-12-21(24)25)9-17(15)16(20)8-7-13(2)23/h4-6,13,15-17,20,23H,3,7-12H2,1-2H3,(H,24,25)/t13-,15-,16+,17-,20+/m0/s1. The first-order valence-corrected chi connectivity index (χ1v) is 10.2. The smallest absolute Gasteiger partial charge is 0.341 e. The Morgan fingerprint density at radius 3 is 2.75 bits per heavy atom. The Balaban J connectivity index is 1.80. The van der Waals surface area contributed by atoms with Gasteiger partial charge >= 0.3 is 11.9 Å². The number of aliphatic hydroxyl groups excluding tert-OH is 1. The maximum absolute atomic E-state index is 11.9. The first-order valence-electron chi connectivity index (χ1n) is 10.2. The molecule has 0 radical (unpaired) electrons. The van der Waals surface area contributed by atoms with E-state index >= 15 is 0 Å². The van der Waals surface area contributed by atoms with E-state index in [9.17, 15) is 14.7 Å². The third kappa shape index (κ3) is 4.66. The Bertz CT molecular complexity index is 713. The van der Waals surface area contributed by atoms with Crippen molar-refractivity contribution in [2.45, 2.75) is 64.6 Å². The Hall–Kier alpha value is -2.08. The van der Waals surface area contributed by atoms with Crippen LogP contribution < -0.4 is 4.74 Å². The monoisotopic (exact) mass is 390 g/mol. The summed E-state index contributed by atoms with van der Waals surface area (Å²) in [6.45, 7) is 3.25. The van der Waals surface area contributed by atoms with Crippen molar-refractivity contribution in [2.75, 3.05) is 6.61 Å². The second kappa shape index (κ2) is 8.95. The zero-order valence-electron chi connectivity index (χ0n) is 16.6. The van der Waals surface area contributed by atoms with E-state index in [-0.39, 0.29) is 30.7 Å². The number of hydrogen-bond donors (Lipinski definition) is 2.